The van der Waals surface area contributed by atoms with E-state index in [-0.39, 0.29) is 11.5 Å². The van der Waals surface area contributed by atoms with Gasteiger partial charge in [0.2, 0.25) is 5.78 Å². The minimum Gasteiger partial charge on any atom is -0.493 e. The van der Waals surface area contributed by atoms with Crippen LogP contribution in [0.1, 0.15) is 10.4 Å². The number of carbonyl (C=O) groups is 1. The topological polar surface area (TPSA) is 35.5 Å². The Morgan fingerprint density at radius 3 is 2.17 bits per heavy atom. The number of carbonyl (C=O) groups excluding carboxylic acids is 1. The standard InChI is InChI=1S/C11H10F4O3/c1-17-7-4-3-6(5-8(7)18-2)9(16)11(14,15)10(12)13/h3-5,10H,1-2H3. The summed E-state index contributed by atoms with van der Waals surface area (Å²) in [7, 11) is 2.55. The molecule has 0 N–H and O–H groups in total. The fraction of sp³-hybridized carbons (Fsp3) is 0.364. The number of hydrogen-bond acceptors (Lipinski definition) is 3. The van der Waals surface area contributed by atoms with Crippen molar-refractivity contribution in [3.05, 3.63) is 23.8 Å². The van der Waals surface area contributed by atoms with Crippen LogP contribution in [0.3, 0.4) is 0 Å². The van der Waals surface area contributed by atoms with Crippen LogP contribution in [0.2, 0.25) is 0 Å². The summed E-state index contributed by atoms with van der Waals surface area (Å²) < 4.78 is 59.5. The van der Waals surface area contributed by atoms with Gasteiger partial charge in [0, 0.05) is 5.56 Å². The van der Waals surface area contributed by atoms with Gasteiger partial charge in [0.1, 0.15) is 0 Å². The minimum atomic E-state index is -4.72. The average molecular weight is 266 g/mol. The van der Waals surface area contributed by atoms with Crippen molar-refractivity contribution in [2.75, 3.05) is 14.2 Å². The SMILES string of the molecule is COc1ccc(C(=O)C(F)(F)C(F)F)cc1OC. The molecule has 100 valence electrons. The van der Waals surface area contributed by atoms with E-state index in [9.17, 15) is 22.4 Å². The number of ether oxygens (including phenoxy) is 2. The van der Waals surface area contributed by atoms with E-state index in [4.69, 9.17) is 9.47 Å². The molecule has 1 rings (SSSR count). The average Bonchev–Trinajstić information content (AvgIpc) is 2.36. The summed E-state index contributed by atoms with van der Waals surface area (Å²) in [5.74, 6) is -6.47. The fourth-order valence-corrected chi connectivity index (χ4v) is 1.27. The van der Waals surface area contributed by atoms with Gasteiger partial charge in [-0.05, 0) is 18.2 Å². The smallest absolute Gasteiger partial charge is 0.368 e. The summed E-state index contributed by atoms with van der Waals surface area (Å²) in [6.07, 6.45) is -4.06. The number of halogens is 4. The summed E-state index contributed by atoms with van der Waals surface area (Å²) in [5.41, 5.74) is -0.571. The lowest BCUT2D eigenvalue weighted by Gasteiger charge is -2.15. The molecule has 0 fully saturated rings. The third-order valence-electron chi connectivity index (χ3n) is 2.22. The molecule has 0 aliphatic heterocycles. The number of methoxy groups -OCH3 is 2. The van der Waals surface area contributed by atoms with Crippen molar-refractivity contribution < 1.29 is 31.8 Å². The minimum absolute atomic E-state index is 0.00779. The molecule has 0 heterocycles. The lowest BCUT2D eigenvalue weighted by molar-refractivity contribution is -0.0958. The number of alkyl halides is 4. The number of rotatable bonds is 5. The van der Waals surface area contributed by atoms with Gasteiger partial charge in [-0.25, -0.2) is 8.78 Å². The molecule has 0 saturated carbocycles. The Hall–Kier alpha value is -1.79. The Balaban J connectivity index is 3.15. The van der Waals surface area contributed by atoms with Crippen LogP contribution in [0.5, 0.6) is 11.5 Å². The lowest BCUT2D eigenvalue weighted by Crippen LogP contribution is -2.36. The van der Waals surface area contributed by atoms with E-state index < -0.39 is 23.7 Å². The van der Waals surface area contributed by atoms with Gasteiger partial charge in [-0.1, -0.05) is 0 Å². The van der Waals surface area contributed by atoms with Crippen LogP contribution in [-0.4, -0.2) is 32.4 Å². The van der Waals surface area contributed by atoms with E-state index >= 15 is 0 Å². The molecular weight excluding hydrogens is 256 g/mol. The van der Waals surface area contributed by atoms with Crippen molar-refractivity contribution in [3.8, 4) is 11.5 Å². The van der Waals surface area contributed by atoms with Crippen LogP contribution in [0.15, 0.2) is 18.2 Å². The quantitative estimate of drug-likeness (QED) is 0.607. The zero-order valence-electron chi connectivity index (χ0n) is 9.55. The van der Waals surface area contributed by atoms with E-state index in [2.05, 4.69) is 0 Å². The van der Waals surface area contributed by atoms with Gasteiger partial charge in [-0.15, -0.1) is 0 Å². The summed E-state index contributed by atoms with van der Waals surface area (Å²) in [6.45, 7) is 0. The van der Waals surface area contributed by atoms with Crippen LogP contribution in [0, 0.1) is 0 Å². The van der Waals surface area contributed by atoms with Crippen molar-refractivity contribution in [1.82, 2.24) is 0 Å². The highest BCUT2D eigenvalue weighted by molar-refractivity contribution is 6.02. The van der Waals surface area contributed by atoms with E-state index in [1.54, 1.807) is 0 Å². The fourth-order valence-electron chi connectivity index (χ4n) is 1.27. The summed E-state index contributed by atoms with van der Waals surface area (Å²) in [6, 6.07) is 3.09. The van der Waals surface area contributed by atoms with Gasteiger partial charge >= 0.3 is 12.3 Å². The Kier molecular flexibility index (Phi) is 4.15. The van der Waals surface area contributed by atoms with Crippen LogP contribution in [0.25, 0.3) is 0 Å². The first-order valence-electron chi connectivity index (χ1n) is 4.77. The molecule has 1 aromatic rings. The van der Waals surface area contributed by atoms with Crippen LogP contribution in [-0.2, 0) is 0 Å². The first-order valence-corrected chi connectivity index (χ1v) is 4.77. The van der Waals surface area contributed by atoms with Crippen molar-refractivity contribution in [1.29, 1.82) is 0 Å². The highest BCUT2D eigenvalue weighted by Crippen LogP contribution is 2.32. The Morgan fingerprint density at radius 2 is 1.72 bits per heavy atom. The predicted molar refractivity (Wildman–Crippen MR) is 54.8 cm³/mol. The second-order valence-electron chi connectivity index (χ2n) is 3.32. The highest BCUT2D eigenvalue weighted by Gasteiger charge is 2.49. The van der Waals surface area contributed by atoms with Crippen LogP contribution >= 0.6 is 0 Å². The Bertz CT molecular complexity index is 446. The molecule has 0 aromatic heterocycles. The largest absolute Gasteiger partial charge is 0.493 e. The first kappa shape index (κ1) is 14.3. The molecule has 0 bridgehead atoms. The van der Waals surface area contributed by atoms with E-state index in [0.29, 0.717) is 0 Å². The van der Waals surface area contributed by atoms with Gasteiger partial charge in [0.05, 0.1) is 14.2 Å². The summed E-state index contributed by atoms with van der Waals surface area (Å²) in [5, 5.41) is 0. The molecule has 0 amide bonds. The number of ketones is 1. The van der Waals surface area contributed by atoms with Gasteiger partial charge < -0.3 is 9.47 Å². The molecular formula is C11H10F4O3. The maximum atomic E-state index is 12.9. The highest BCUT2D eigenvalue weighted by atomic mass is 19.3. The summed E-state index contributed by atoms with van der Waals surface area (Å²) >= 11 is 0. The third kappa shape index (κ3) is 2.55. The normalized spacial score (nSPS) is 11.5. The van der Waals surface area contributed by atoms with Gasteiger partial charge in [-0.3, -0.25) is 4.79 Å². The molecule has 0 unspecified atom stereocenters. The molecule has 0 saturated heterocycles. The van der Waals surface area contributed by atoms with Crippen molar-refractivity contribution in [2.45, 2.75) is 12.3 Å². The van der Waals surface area contributed by atoms with Gasteiger partial charge in [0.25, 0.3) is 0 Å². The maximum absolute atomic E-state index is 12.9. The molecule has 0 radical (unpaired) electrons. The first-order chi connectivity index (χ1) is 8.34. The van der Waals surface area contributed by atoms with E-state index in [1.807, 2.05) is 0 Å². The number of Topliss-reactive ketones (excluding diaryl/α,β-unsaturated/α-hetero) is 1. The van der Waals surface area contributed by atoms with E-state index in [0.717, 1.165) is 12.1 Å². The maximum Gasteiger partial charge on any atom is 0.368 e. The van der Waals surface area contributed by atoms with Gasteiger partial charge in [0.15, 0.2) is 11.5 Å². The molecule has 0 atom stereocenters. The molecule has 7 heteroatoms. The molecule has 3 nitrogen and oxygen atoms in total. The second-order valence-corrected chi connectivity index (χ2v) is 3.32. The van der Waals surface area contributed by atoms with Gasteiger partial charge in [-0.2, -0.15) is 8.78 Å². The molecule has 0 spiro atoms. The Labute approximate surface area is 100 Å². The van der Waals surface area contributed by atoms with Crippen LogP contribution in [0.4, 0.5) is 17.6 Å². The molecule has 0 aliphatic rings. The zero-order chi connectivity index (χ0) is 13.9. The number of hydrogen-bond donors (Lipinski definition) is 0. The Morgan fingerprint density at radius 1 is 1.17 bits per heavy atom. The third-order valence-corrected chi connectivity index (χ3v) is 2.22. The molecule has 0 aliphatic carbocycles. The summed E-state index contributed by atoms with van der Waals surface area (Å²) in [4.78, 5) is 11.2. The van der Waals surface area contributed by atoms with Crippen molar-refractivity contribution in [2.24, 2.45) is 0 Å². The molecule has 18 heavy (non-hydrogen) atoms. The number of benzene rings is 1. The van der Waals surface area contributed by atoms with Crippen LogP contribution < -0.4 is 9.47 Å². The van der Waals surface area contributed by atoms with E-state index in [1.165, 1.54) is 20.3 Å². The molecule has 1 aromatic carbocycles. The van der Waals surface area contributed by atoms with Crippen molar-refractivity contribution >= 4 is 5.78 Å². The monoisotopic (exact) mass is 266 g/mol. The lowest BCUT2D eigenvalue weighted by atomic mass is 10.1. The predicted octanol–water partition coefficient (Wildman–Crippen LogP) is 2.79. The second kappa shape index (κ2) is 5.24. The zero-order valence-corrected chi connectivity index (χ0v) is 9.55. The van der Waals surface area contributed by atoms with Crippen molar-refractivity contribution in [3.63, 3.8) is 0 Å².